The van der Waals surface area contributed by atoms with Gasteiger partial charge < -0.3 is 18.9 Å². The van der Waals surface area contributed by atoms with E-state index < -0.39 is 6.61 Å². The van der Waals surface area contributed by atoms with Gasteiger partial charge in [0.25, 0.3) is 5.91 Å². The predicted molar refractivity (Wildman–Crippen MR) is 123 cm³/mol. The zero-order chi connectivity index (χ0) is 24.0. The molecule has 3 aromatic rings. The fraction of sp³-hybridized carbons (Fsp3) is 0.385. The third-order valence-corrected chi connectivity index (χ3v) is 6.47. The summed E-state index contributed by atoms with van der Waals surface area (Å²) in [6.45, 7) is 2.34. The Balaban J connectivity index is 0.00000117. The monoisotopic (exact) mass is 465 g/mol. The smallest absolute Gasteiger partial charge is 0.387 e. The Morgan fingerprint density at radius 3 is 2.68 bits per heavy atom. The molecule has 1 aromatic heterocycles. The summed E-state index contributed by atoms with van der Waals surface area (Å²) in [4.78, 5) is 19.6. The van der Waals surface area contributed by atoms with Crippen molar-refractivity contribution in [3.05, 3.63) is 58.9 Å². The Kier molecular flexibility index (Phi) is 5.74. The second-order valence-corrected chi connectivity index (χ2v) is 8.33. The van der Waals surface area contributed by atoms with Gasteiger partial charge in [0, 0.05) is 30.2 Å². The van der Waals surface area contributed by atoms with E-state index in [0.717, 1.165) is 22.4 Å². The highest BCUT2D eigenvalue weighted by molar-refractivity contribution is 5.97. The van der Waals surface area contributed by atoms with E-state index in [-0.39, 0.29) is 29.7 Å². The van der Waals surface area contributed by atoms with Crippen LogP contribution < -0.4 is 4.74 Å². The number of nitrogens with zero attached hydrogens (tertiary/aromatic N) is 3. The van der Waals surface area contributed by atoms with Crippen molar-refractivity contribution in [3.8, 4) is 17.6 Å². The zero-order valence-electron chi connectivity index (χ0n) is 19.2. The van der Waals surface area contributed by atoms with Crippen molar-refractivity contribution in [2.75, 3.05) is 20.3 Å². The van der Waals surface area contributed by atoms with Gasteiger partial charge in [-0.2, -0.15) is 8.78 Å². The van der Waals surface area contributed by atoms with Crippen LogP contribution in [0.2, 0.25) is 0 Å². The van der Waals surface area contributed by atoms with Crippen LogP contribution in [0.4, 0.5) is 8.78 Å². The number of hydrogen-bond donors (Lipinski definition) is 0. The van der Waals surface area contributed by atoms with E-state index in [0.29, 0.717) is 30.8 Å². The highest BCUT2D eigenvalue weighted by Crippen LogP contribution is 2.49. The van der Waals surface area contributed by atoms with Crippen LogP contribution in [0, 0.1) is 17.8 Å². The quantitative estimate of drug-likeness (QED) is 0.511. The Hall–Kier alpha value is -3.44. The molecule has 6 nitrogen and oxygen atoms in total. The number of aromatic nitrogens is 2. The Labute approximate surface area is 196 Å². The van der Waals surface area contributed by atoms with Crippen LogP contribution in [0.3, 0.4) is 0 Å². The van der Waals surface area contributed by atoms with E-state index in [1.807, 2.05) is 32.0 Å². The fourth-order valence-electron chi connectivity index (χ4n) is 4.86. The average Bonchev–Trinajstić information content (AvgIpc) is 3.32. The number of carbonyl (C=O) groups is 1. The first-order valence-corrected chi connectivity index (χ1v) is 11.5. The minimum absolute atomic E-state index is 0.0283. The van der Waals surface area contributed by atoms with Crippen molar-refractivity contribution < 1.29 is 23.0 Å². The number of hydrogen-bond acceptors (Lipinski definition) is 4. The maximum atomic E-state index is 13.2. The topological polar surface area (TPSA) is 56.6 Å². The normalized spacial score (nSPS) is 20.5. The Bertz CT molecular complexity index is 1320. The van der Waals surface area contributed by atoms with E-state index in [1.54, 1.807) is 24.1 Å². The molecule has 0 aliphatic carbocycles. The zero-order valence-corrected chi connectivity index (χ0v) is 19.2. The molecule has 176 valence electrons. The molecule has 6 rings (SSSR count). The van der Waals surface area contributed by atoms with Gasteiger partial charge in [0.15, 0.2) is 0 Å². The van der Waals surface area contributed by atoms with Crippen LogP contribution in [0.25, 0.3) is 11.0 Å². The number of halogens is 2. The number of amides is 1. The van der Waals surface area contributed by atoms with Gasteiger partial charge in [0.1, 0.15) is 11.6 Å². The van der Waals surface area contributed by atoms with E-state index in [2.05, 4.69) is 16.4 Å². The number of ether oxygens (including phenoxy) is 2. The molecule has 1 amide bonds. The number of imidazole rings is 1. The van der Waals surface area contributed by atoms with Gasteiger partial charge in [0.2, 0.25) is 0 Å². The molecular formula is C26H25F2N3O3. The molecular weight excluding hydrogens is 440 g/mol. The molecule has 2 atom stereocenters. The first-order valence-electron chi connectivity index (χ1n) is 11.5. The van der Waals surface area contributed by atoms with Gasteiger partial charge in [-0.05, 0) is 30.3 Å². The minimum atomic E-state index is -2.98. The summed E-state index contributed by atoms with van der Waals surface area (Å²) in [5.74, 6) is 7.23. The van der Waals surface area contributed by atoms with Crippen molar-refractivity contribution >= 4 is 16.9 Å². The first kappa shape index (κ1) is 22.4. The molecule has 2 bridgehead atoms. The van der Waals surface area contributed by atoms with E-state index in [4.69, 9.17) is 14.5 Å². The van der Waals surface area contributed by atoms with Crippen molar-refractivity contribution in [3.63, 3.8) is 0 Å². The maximum Gasteiger partial charge on any atom is 0.387 e. The molecule has 1 saturated heterocycles. The average molecular weight is 466 g/mol. The van der Waals surface area contributed by atoms with Crippen molar-refractivity contribution in [1.82, 2.24) is 14.5 Å². The third kappa shape index (κ3) is 3.51. The molecule has 0 radical (unpaired) electrons. The summed E-state index contributed by atoms with van der Waals surface area (Å²) in [6, 6.07) is 9.96. The SMILES string of the molecule is CC.CN1C(=O)c2cccc(OC(F)F)c2[C@H]2CC1c1nc3ccc(C#CC4COC4)cc3n12. The van der Waals surface area contributed by atoms with E-state index in [9.17, 15) is 13.6 Å². The Morgan fingerprint density at radius 1 is 1.18 bits per heavy atom. The molecule has 0 spiro atoms. The molecule has 4 heterocycles. The van der Waals surface area contributed by atoms with Crippen LogP contribution in [0.1, 0.15) is 59.7 Å². The third-order valence-electron chi connectivity index (χ3n) is 6.47. The Morgan fingerprint density at radius 2 is 1.97 bits per heavy atom. The molecule has 2 aromatic carbocycles. The van der Waals surface area contributed by atoms with Gasteiger partial charge in [-0.15, -0.1) is 0 Å². The number of alkyl halides is 2. The summed E-state index contributed by atoms with van der Waals surface area (Å²) in [5.41, 5.74) is 3.36. The molecule has 1 fully saturated rings. The molecule has 8 heteroatoms. The van der Waals surface area contributed by atoms with Crippen LogP contribution in [0.5, 0.6) is 5.75 Å². The summed E-state index contributed by atoms with van der Waals surface area (Å²) in [7, 11) is 1.73. The predicted octanol–water partition coefficient (Wildman–Crippen LogP) is 4.78. The number of carbonyl (C=O) groups excluding carboxylic acids is 1. The van der Waals surface area contributed by atoms with Crippen molar-refractivity contribution in [2.45, 2.75) is 39.0 Å². The number of benzene rings is 2. The second kappa shape index (κ2) is 8.73. The minimum Gasteiger partial charge on any atom is -0.434 e. The van der Waals surface area contributed by atoms with Gasteiger partial charge >= 0.3 is 6.61 Å². The summed E-state index contributed by atoms with van der Waals surface area (Å²) >= 11 is 0. The molecule has 3 aliphatic rings. The lowest BCUT2D eigenvalue weighted by molar-refractivity contribution is -0.0507. The number of rotatable bonds is 2. The van der Waals surface area contributed by atoms with Crippen molar-refractivity contribution in [1.29, 1.82) is 0 Å². The van der Waals surface area contributed by atoms with Crippen LogP contribution in [-0.2, 0) is 4.74 Å². The summed E-state index contributed by atoms with van der Waals surface area (Å²) in [5, 5.41) is 0. The van der Waals surface area contributed by atoms with Crippen LogP contribution in [0.15, 0.2) is 36.4 Å². The van der Waals surface area contributed by atoms with Gasteiger partial charge in [0.05, 0.1) is 42.2 Å². The molecule has 0 saturated carbocycles. The second-order valence-electron chi connectivity index (χ2n) is 8.33. The lowest BCUT2D eigenvalue weighted by Crippen LogP contribution is -2.30. The first-order chi connectivity index (χ1) is 16.5. The largest absolute Gasteiger partial charge is 0.434 e. The van der Waals surface area contributed by atoms with E-state index in [1.165, 1.54) is 6.07 Å². The molecule has 34 heavy (non-hydrogen) atoms. The van der Waals surface area contributed by atoms with Gasteiger partial charge in [-0.1, -0.05) is 31.8 Å². The molecule has 3 aliphatic heterocycles. The van der Waals surface area contributed by atoms with Gasteiger partial charge in [-0.25, -0.2) is 4.98 Å². The lowest BCUT2D eigenvalue weighted by atomic mass is 9.97. The maximum absolute atomic E-state index is 13.2. The van der Waals surface area contributed by atoms with Crippen molar-refractivity contribution in [2.24, 2.45) is 5.92 Å². The highest BCUT2D eigenvalue weighted by Gasteiger charge is 2.45. The lowest BCUT2D eigenvalue weighted by Gasteiger charge is -2.24. The number of fused-ring (bicyclic) bond motifs is 9. The molecule has 0 N–H and O–H groups in total. The highest BCUT2D eigenvalue weighted by atomic mass is 19.3. The summed E-state index contributed by atoms with van der Waals surface area (Å²) < 4.78 is 38.4. The standard InChI is InChI=1S/C24H19F2N3O3.C2H6/c1-28-19-10-18(21-15(23(28)30)3-2-4-20(21)32-24(25)26)29-17-9-13(5-6-14-11-31-12-14)7-8-16(17)27-22(19)29;1-2/h2-4,7-9,14,18-19,24H,10-12H2,1H3;1-2H3/t18-,19?;/m1./s1. The summed E-state index contributed by atoms with van der Waals surface area (Å²) in [6.07, 6.45) is 0.548. The molecule has 1 unspecified atom stereocenters. The fourth-order valence-corrected chi connectivity index (χ4v) is 4.86. The van der Waals surface area contributed by atoms with Crippen LogP contribution in [-0.4, -0.2) is 47.2 Å². The van der Waals surface area contributed by atoms with Crippen LogP contribution >= 0.6 is 0 Å². The van der Waals surface area contributed by atoms with E-state index >= 15 is 0 Å². The van der Waals surface area contributed by atoms with Gasteiger partial charge in [-0.3, -0.25) is 4.79 Å².